The van der Waals surface area contributed by atoms with Crippen LogP contribution < -0.4 is 10.5 Å². The average molecular weight is 349 g/mol. The quantitative estimate of drug-likeness (QED) is 0.649. The monoisotopic (exact) mass is 348 g/mol. The molecule has 0 fully saturated rings. The van der Waals surface area contributed by atoms with E-state index in [2.05, 4.69) is 20.9 Å². The maximum atomic E-state index is 5.74. The first-order valence-electron chi connectivity index (χ1n) is 6.34. The summed E-state index contributed by atoms with van der Waals surface area (Å²) in [7, 11) is 1.64. The van der Waals surface area contributed by atoms with Crippen LogP contribution in [-0.4, -0.2) is 51.7 Å². The van der Waals surface area contributed by atoms with Crippen molar-refractivity contribution < 1.29 is 18.9 Å². The van der Waals surface area contributed by atoms with Gasteiger partial charge in [-0.1, -0.05) is 0 Å². The molecule has 114 valence electrons. The number of hydrogen-bond acceptors (Lipinski definition) is 6. The summed E-state index contributed by atoms with van der Waals surface area (Å²) in [5.41, 5.74) is 7.29. The van der Waals surface area contributed by atoms with Crippen molar-refractivity contribution in [1.29, 1.82) is 0 Å². The number of anilines is 1. The third-order valence-electron chi connectivity index (χ3n) is 2.54. The molecule has 1 rings (SSSR count). The highest BCUT2D eigenvalue weighted by molar-refractivity contribution is 9.10. The number of nitrogen functional groups attached to an aromatic ring is 1. The van der Waals surface area contributed by atoms with Gasteiger partial charge in [0.05, 0.1) is 49.4 Å². The van der Waals surface area contributed by atoms with Gasteiger partial charge in [0.2, 0.25) is 5.88 Å². The van der Waals surface area contributed by atoms with E-state index in [4.69, 9.17) is 24.7 Å². The Bertz CT molecular complexity index is 404. The smallest absolute Gasteiger partial charge is 0.228 e. The van der Waals surface area contributed by atoms with Gasteiger partial charge in [-0.3, -0.25) is 0 Å². The van der Waals surface area contributed by atoms with Crippen LogP contribution in [0, 0.1) is 6.92 Å². The summed E-state index contributed by atoms with van der Waals surface area (Å²) in [6, 6.07) is 0. The first-order valence-corrected chi connectivity index (χ1v) is 7.14. The molecule has 1 aromatic rings. The molecule has 0 saturated carbocycles. The van der Waals surface area contributed by atoms with Gasteiger partial charge in [-0.2, -0.15) is 0 Å². The van der Waals surface area contributed by atoms with E-state index in [1.54, 1.807) is 13.3 Å². The van der Waals surface area contributed by atoms with Crippen molar-refractivity contribution >= 4 is 21.6 Å². The zero-order valence-corrected chi connectivity index (χ0v) is 13.4. The van der Waals surface area contributed by atoms with E-state index in [0.717, 1.165) is 10.0 Å². The molecule has 1 aromatic heterocycles. The molecule has 0 unspecified atom stereocenters. The van der Waals surface area contributed by atoms with Crippen molar-refractivity contribution in [3.63, 3.8) is 0 Å². The molecule has 0 saturated heterocycles. The SMILES string of the molecule is COCCOCCOCCOc1ncc(N)c(C)c1Br. The van der Waals surface area contributed by atoms with Crippen molar-refractivity contribution in [2.75, 3.05) is 52.5 Å². The van der Waals surface area contributed by atoms with Crippen LogP contribution in [0.4, 0.5) is 5.69 Å². The molecular weight excluding hydrogens is 328 g/mol. The van der Waals surface area contributed by atoms with Crippen LogP contribution in [0.5, 0.6) is 5.88 Å². The van der Waals surface area contributed by atoms with E-state index in [1.165, 1.54) is 0 Å². The summed E-state index contributed by atoms with van der Waals surface area (Å²) in [6.45, 7) is 5.06. The Morgan fingerprint density at radius 1 is 1.10 bits per heavy atom. The third kappa shape index (κ3) is 6.04. The minimum Gasteiger partial charge on any atom is -0.474 e. The van der Waals surface area contributed by atoms with Crippen molar-refractivity contribution in [3.8, 4) is 5.88 Å². The predicted molar refractivity (Wildman–Crippen MR) is 80.1 cm³/mol. The second-order valence-corrected chi connectivity index (χ2v) is 4.82. The molecular formula is C13H21BrN2O4. The first-order chi connectivity index (χ1) is 9.66. The summed E-state index contributed by atoms with van der Waals surface area (Å²) >= 11 is 3.41. The third-order valence-corrected chi connectivity index (χ3v) is 3.48. The Balaban J connectivity index is 2.11. The van der Waals surface area contributed by atoms with Crippen LogP contribution in [0.3, 0.4) is 0 Å². The number of methoxy groups -OCH3 is 1. The van der Waals surface area contributed by atoms with Gasteiger partial charge < -0.3 is 24.7 Å². The number of aromatic nitrogens is 1. The zero-order valence-electron chi connectivity index (χ0n) is 11.9. The molecule has 0 spiro atoms. The lowest BCUT2D eigenvalue weighted by Crippen LogP contribution is -2.13. The highest BCUT2D eigenvalue weighted by atomic mass is 79.9. The Labute approximate surface area is 127 Å². The Morgan fingerprint density at radius 2 is 1.70 bits per heavy atom. The minimum atomic E-state index is 0.424. The van der Waals surface area contributed by atoms with E-state index in [1.807, 2.05) is 6.92 Å². The summed E-state index contributed by atoms with van der Waals surface area (Å²) in [5, 5.41) is 0. The number of nitrogens with two attached hydrogens (primary N) is 1. The molecule has 20 heavy (non-hydrogen) atoms. The van der Waals surface area contributed by atoms with E-state index in [9.17, 15) is 0 Å². The summed E-state index contributed by atoms with van der Waals surface area (Å²) in [5.74, 6) is 0.525. The summed E-state index contributed by atoms with van der Waals surface area (Å²) in [6.07, 6.45) is 1.58. The number of pyridine rings is 1. The average Bonchev–Trinajstić information content (AvgIpc) is 2.45. The standard InChI is InChI=1S/C13H21BrN2O4/c1-10-11(15)9-16-13(12(10)14)20-8-7-19-6-5-18-4-3-17-2/h9H,3-8,15H2,1-2H3. The number of rotatable bonds is 10. The number of nitrogens with zero attached hydrogens (tertiary/aromatic N) is 1. The van der Waals surface area contributed by atoms with Crippen LogP contribution >= 0.6 is 15.9 Å². The highest BCUT2D eigenvalue weighted by Crippen LogP contribution is 2.29. The first kappa shape index (κ1) is 17.2. The second-order valence-electron chi connectivity index (χ2n) is 4.02. The Kier molecular flexibility index (Phi) is 8.52. The lowest BCUT2D eigenvalue weighted by Gasteiger charge is -2.10. The molecule has 0 aliphatic rings. The van der Waals surface area contributed by atoms with Crippen molar-refractivity contribution in [2.24, 2.45) is 0 Å². The van der Waals surface area contributed by atoms with Gasteiger partial charge in [0, 0.05) is 7.11 Å². The van der Waals surface area contributed by atoms with E-state index in [0.29, 0.717) is 51.2 Å². The molecule has 2 N–H and O–H groups in total. The normalized spacial score (nSPS) is 10.8. The van der Waals surface area contributed by atoms with Crippen LogP contribution in [0.1, 0.15) is 5.56 Å². The fraction of sp³-hybridized carbons (Fsp3) is 0.615. The maximum Gasteiger partial charge on any atom is 0.228 e. The zero-order chi connectivity index (χ0) is 14.8. The van der Waals surface area contributed by atoms with Crippen LogP contribution in [0.2, 0.25) is 0 Å². The molecule has 0 radical (unpaired) electrons. The topological polar surface area (TPSA) is 75.8 Å². The van der Waals surface area contributed by atoms with Gasteiger partial charge in [0.15, 0.2) is 0 Å². The highest BCUT2D eigenvalue weighted by Gasteiger charge is 2.08. The van der Waals surface area contributed by atoms with Gasteiger partial charge >= 0.3 is 0 Å². The maximum absolute atomic E-state index is 5.74. The molecule has 1 heterocycles. The molecule has 0 aliphatic carbocycles. The Morgan fingerprint density at radius 3 is 2.35 bits per heavy atom. The number of halogens is 1. The van der Waals surface area contributed by atoms with Crippen molar-refractivity contribution in [2.45, 2.75) is 6.92 Å². The molecule has 0 amide bonds. The van der Waals surface area contributed by atoms with Gasteiger partial charge in [0.1, 0.15) is 6.61 Å². The molecule has 0 atom stereocenters. The number of hydrogen-bond donors (Lipinski definition) is 1. The largest absolute Gasteiger partial charge is 0.474 e. The lowest BCUT2D eigenvalue weighted by atomic mass is 10.2. The summed E-state index contributed by atoms with van der Waals surface area (Å²) in [4.78, 5) is 4.12. The lowest BCUT2D eigenvalue weighted by molar-refractivity contribution is 0.0176. The van der Waals surface area contributed by atoms with E-state index in [-0.39, 0.29) is 0 Å². The van der Waals surface area contributed by atoms with Crippen LogP contribution in [-0.2, 0) is 14.2 Å². The van der Waals surface area contributed by atoms with Crippen LogP contribution in [0.25, 0.3) is 0 Å². The van der Waals surface area contributed by atoms with Gasteiger partial charge in [-0.25, -0.2) is 4.98 Å². The van der Waals surface area contributed by atoms with Crippen LogP contribution in [0.15, 0.2) is 10.7 Å². The van der Waals surface area contributed by atoms with Gasteiger partial charge in [-0.15, -0.1) is 0 Å². The molecule has 0 bridgehead atoms. The fourth-order valence-corrected chi connectivity index (χ4v) is 1.78. The minimum absolute atomic E-state index is 0.424. The van der Waals surface area contributed by atoms with Gasteiger partial charge in [-0.05, 0) is 28.4 Å². The Hall–Kier alpha value is -0.890. The van der Waals surface area contributed by atoms with E-state index < -0.39 is 0 Å². The summed E-state index contributed by atoms with van der Waals surface area (Å²) < 4.78 is 21.8. The molecule has 0 aliphatic heterocycles. The fourth-order valence-electron chi connectivity index (χ4n) is 1.33. The second kappa shape index (κ2) is 9.93. The molecule has 7 heteroatoms. The predicted octanol–water partition coefficient (Wildman–Crippen LogP) is 1.79. The van der Waals surface area contributed by atoms with Gasteiger partial charge in [0.25, 0.3) is 0 Å². The van der Waals surface area contributed by atoms with E-state index >= 15 is 0 Å². The molecule has 6 nitrogen and oxygen atoms in total. The molecule has 0 aromatic carbocycles. The number of ether oxygens (including phenoxy) is 4. The van der Waals surface area contributed by atoms with Crippen molar-refractivity contribution in [1.82, 2.24) is 4.98 Å². The van der Waals surface area contributed by atoms with Crippen molar-refractivity contribution in [3.05, 3.63) is 16.2 Å².